The summed E-state index contributed by atoms with van der Waals surface area (Å²) in [5.74, 6) is 1.40. The molecular weight excluding hydrogens is 262 g/mol. The Bertz CT molecular complexity index is 687. The van der Waals surface area contributed by atoms with E-state index in [-0.39, 0.29) is 6.61 Å². The van der Waals surface area contributed by atoms with Crippen molar-refractivity contribution in [2.75, 3.05) is 5.32 Å². The molecule has 106 valence electrons. The number of hydrogen-bond acceptors (Lipinski definition) is 3. The van der Waals surface area contributed by atoms with E-state index in [1.807, 2.05) is 24.3 Å². The van der Waals surface area contributed by atoms with Crippen LogP contribution in [0, 0.1) is 0 Å². The van der Waals surface area contributed by atoms with Crippen molar-refractivity contribution in [3.8, 4) is 11.1 Å². The van der Waals surface area contributed by atoms with Gasteiger partial charge in [0.1, 0.15) is 18.1 Å². The van der Waals surface area contributed by atoms with Gasteiger partial charge in [0, 0.05) is 5.69 Å². The molecule has 3 nitrogen and oxygen atoms in total. The van der Waals surface area contributed by atoms with Gasteiger partial charge in [-0.2, -0.15) is 0 Å². The van der Waals surface area contributed by atoms with E-state index in [0.29, 0.717) is 12.3 Å². The molecule has 0 bridgehead atoms. The molecule has 0 fully saturated rings. The third-order valence-electron chi connectivity index (χ3n) is 3.33. The number of furan rings is 1. The normalized spacial score (nSPS) is 10.5. The molecule has 3 aromatic rings. The van der Waals surface area contributed by atoms with Crippen LogP contribution in [0.2, 0.25) is 0 Å². The van der Waals surface area contributed by atoms with Crippen LogP contribution in [0.5, 0.6) is 0 Å². The van der Waals surface area contributed by atoms with E-state index in [1.165, 1.54) is 11.1 Å². The molecule has 0 radical (unpaired) electrons. The molecule has 0 spiro atoms. The van der Waals surface area contributed by atoms with E-state index in [9.17, 15) is 0 Å². The van der Waals surface area contributed by atoms with Crippen LogP contribution in [0.4, 0.5) is 5.69 Å². The van der Waals surface area contributed by atoms with E-state index < -0.39 is 0 Å². The van der Waals surface area contributed by atoms with Crippen LogP contribution in [0.1, 0.15) is 11.5 Å². The van der Waals surface area contributed by atoms with Gasteiger partial charge in [0.15, 0.2) is 0 Å². The van der Waals surface area contributed by atoms with Crippen molar-refractivity contribution >= 4 is 5.69 Å². The van der Waals surface area contributed by atoms with Crippen molar-refractivity contribution in [1.82, 2.24) is 0 Å². The van der Waals surface area contributed by atoms with Gasteiger partial charge in [-0.1, -0.05) is 42.5 Å². The molecule has 2 aromatic carbocycles. The number of hydrogen-bond donors (Lipinski definition) is 2. The molecule has 3 rings (SSSR count). The number of aliphatic hydroxyl groups excluding tert-OH is 1. The molecule has 0 amide bonds. The number of rotatable bonds is 5. The minimum atomic E-state index is -0.0637. The number of anilines is 1. The maximum atomic E-state index is 8.96. The van der Waals surface area contributed by atoms with Crippen LogP contribution in [-0.4, -0.2) is 5.11 Å². The second kappa shape index (κ2) is 6.29. The van der Waals surface area contributed by atoms with Gasteiger partial charge in [0.05, 0.1) is 6.54 Å². The third kappa shape index (κ3) is 3.33. The van der Waals surface area contributed by atoms with Crippen LogP contribution in [0.25, 0.3) is 11.1 Å². The molecule has 1 aromatic heterocycles. The molecule has 0 aliphatic rings. The van der Waals surface area contributed by atoms with E-state index in [1.54, 1.807) is 6.07 Å². The molecule has 2 N–H and O–H groups in total. The zero-order chi connectivity index (χ0) is 14.5. The number of aliphatic hydroxyl groups is 1. The van der Waals surface area contributed by atoms with Crippen molar-refractivity contribution in [2.45, 2.75) is 13.2 Å². The summed E-state index contributed by atoms with van der Waals surface area (Å²) in [6.45, 7) is 0.538. The fraction of sp³-hybridized carbons (Fsp3) is 0.111. The number of nitrogens with one attached hydrogen (secondary N) is 1. The highest BCUT2D eigenvalue weighted by Gasteiger charge is 2.01. The monoisotopic (exact) mass is 279 g/mol. The first-order chi connectivity index (χ1) is 10.3. The second-order valence-corrected chi connectivity index (χ2v) is 4.82. The first-order valence-corrected chi connectivity index (χ1v) is 6.93. The Morgan fingerprint density at radius 3 is 2.10 bits per heavy atom. The molecule has 3 heteroatoms. The Balaban J connectivity index is 1.64. The number of benzene rings is 2. The standard InChI is InChI=1S/C18H17NO2/c20-13-18-11-10-17(21-18)12-19-16-8-6-15(7-9-16)14-4-2-1-3-5-14/h1-11,19-20H,12-13H2. The predicted octanol–water partition coefficient (Wildman–Crippen LogP) is 4.05. The highest BCUT2D eigenvalue weighted by Crippen LogP contribution is 2.21. The highest BCUT2D eigenvalue weighted by atomic mass is 16.4. The summed E-state index contributed by atoms with van der Waals surface area (Å²) >= 11 is 0. The van der Waals surface area contributed by atoms with Crippen LogP contribution < -0.4 is 5.32 Å². The molecule has 0 atom stereocenters. The van der Waals surface area contributed by atoms with Crippen molar-refractivity contribution < 1.29 is 9.52 Å². The molecule has 1 heterocycles. The summed E-state index contributed by atoms with van der Waals surface area (Å²) in [7, 11) is 0. The maximum absolute atomic E-state index is 8.96. The molecule has 0 saturated carbocycles. The largest absolute Gasteiger partial charge is 0.462 e. The second-order valence-electron chi connectivity index (χ2n) is 4.82. The lowest BCUT2D eigenvalue weighted by Gasteiger charge is -2.06. The smallest absolute Gasteiger partial charge is 0.129 e. The summed E-state index contributed by atoms with van der Waals surface area (Å²) in [5.41, 5.74) is 3.45. The lowest BCUT2D eigenvalue weighted by molar-refractivity contribution is 0.244. The third-order valence-corrected chi connectivity index (χ3v) is 3.33. The van der Waals surface area contributed by atoms with E-state index in [0.717, 1.165) is 11.4 Å². The molecule has 0 aliphatic carbocycles. The van der Waals surface area contributed by atoms with Crippen LogP contribution in [-0.2, 0) is 13.2 Å². The van der Waals surface area contributed by atoms with E-state index >= 15 is 0 Å². The first-order valence-electron chi connectivity index (χ1n) is 6.93. The Kier molecular flexibility index (Phi) is 4.03. The van der Waals surface area contributed by atoms with Crippen molar-refractivity contribution in [3.05, 3.63) is 78.3 Å². The molecule has 21 heavy (non-hydrogen) atoms. The van der Waals surface area contributed by atoms with Gasteiger partial charge in [0.25, 0.3) is 0 Å². The average Bonchev–Trinajstić information content (AvgIpc) is 3.02. The fourth-order valence-corrected chi connectivity index (χ4v) is 2.20. The minimum Gasteiger partial charge on any atom is -0.462 e. The van der Waals surface area contributed by atoms with Crippen LogP contribution in [0.15, 0.2) is 71.1 Å². The predicted molar refractivity (Wildman–Crippen MR) is 83.8 cm³/mol. The van der Waals surface area contributed by atoms with Crippen LogP contribution >= 0.6 is 0 Å². The lowest BCUT2D eigenvalue weighted by Crippen LogP contribution is -1.97. The van der Waals surface area contributed by atoms with E-state index in [2.05, 4.69) is 41.7 Å². The van der Waals surface area contributed by atoms with Gasteiger partial charge in [-0.3, -0.25) is 0 Å². The topological polar surface area (TPSA) is 45.4 Å². The Morgan fingerprint density at radius 1 is 0.762 bits per heavy atom. The first kappa shape index (κ1) is 13.5. The summed E-state index contributed by atoms with van der Waals surface area (Å²) < 4.78 is 5.44. The average molecular weight is 279 g/mol. The van der Waals surface area contributed by atoms with Crippen molar-refractivity contribution in [3.63, 3.8) is 0 Å². The van der Waals surface area contributed by atoms with Gasteiger partial charge in [-0.25, -0.2) is 0 Å². The van der Waals surface area contributed by atoms with Gasteiger partial charge < -0.3 is 14.8 Å². The Morgan fingerprint density at radius 2 is 1.43 bits per heavy atom. The quantitative estimate of drug-likeness (QED) is 0.740. The van der Waals surface area contributed by atoms with Crippen molar-refractivity contribution in [2.24, 2.45) is 0 Å². The Labute approximate surface area is 123 Å². The summed E-state index contributed by atoms with van der Waals surface area (Å²) in [6, 6.07) is 22.3. The molecule has 0 aliphatic heterocycles. The van der Waals surface area contributed by atoms with Crippen LogP contribution in [0.3, 0.4) is 0 Å². The maximum Gasteiger partial charge on any atom is 0.129 e. The van der Waals surface area contributed by atoms with Gasteiger partial charge in [0.2, 0.25) is 0 Å². The SMILES string of the molecule is OCc1ccc(CNc2ccc(-c3ccccc3)cc2)o1. The summed E-state index contributed by atoms with van der Waals surface area (Å²) in [6.07, 6.45) is 0. The summed E-state index contributed by atoms with van der Waals surface area (Å²) in [5, 5.41) is 12.3. The van der Waals surface area contributed by atoms with Gasteiger partial charge >= 0.3 is 0 Å². The summed E-state index contributed by atoms with van der Waals surface area (Å²) in [4.78, 5) is 0. The fourth-order valence-electron chi connectivity index (χ4n) is 2.20. The van der Waals surface area contributed by atoms with Gasteiger partial charge in [-0.05, 0) is 35.4 Å². The molecule has 0 saturated heterocycles. The lowest BCUT2D eigenvalue weighted by atomic mass is 10.1. The highest BCUT2D eigenvalue weighted by molar-refractivity contribution is 5.65. The van der Waals surface area contributed by atoms with E-state index in [4.69, 9.17) is 9.52 Å². The van der Waals surface area contributed by atoms with Crippen molar-refractivity contribution in [1.29, 1.82) is 0 Å². The molecular formula is C18H17NO2. The Hall–Kier alpha value is -2.52. The zero-order valence-corrected chi connectivity index (χ0v) is 11.6. The van der Waals surface area contributed by atoms with Gasteiger partial charge in [-0.15, -0.1) is 0 Å². The minimum absolute atomic E-state index is 0.0637. The molecule has 0 unspecified atom stereocenters. The zero-order valence-electron chi connectivity index (χ0n) is 11.6.